The van der Waals surface area contributed by atoms with E-state index >= 15 is 0 Å². The van der Waals surface area contributed by atoms with Crippen LogP contribution in [0.2, 0.25) is 0 Å². The molecule has 2 fully saturated rings. The molecule has 6 nitrogen and oxygen atoms in total. The zero-order valence-corrected chi connectivity index (χ0v) is 14.6. The van der Waals surface area contributed by atoms with Crippen molar-refractivity contribution in [1.82, 2.24) is 20.4 Å². The Bertz CT molecular complexity index is 509. The SMILES string of the molecule is CNC(C)Cc1noc(C2CSCN2C(=O)C2CCC2)n1.Cl. The van der Waals surface area contributed by atoms with Crippen molar-refractivity contribution in [3.63, 3.8) is 0 Å². The average molecular weight is 347 g/mol. The van der Waals surface area contributed by atoms with E-state index in [1.807, 2.05) is 11.9 Å². The van der Waals surface area contributed by atoms with Crippen LogP contribution in [0.5, 0.6) is 0 Å². The molecule has 124 valence electrons. The summed E-state index contributed by atoms with van der Waals surface area (Å²) in [7, 11) is 1.91. The normalized spacial score (nSPS) is 23.0. The highest BCUT2D eigenvalue weighted by Crippen LogP contribution is 2.37. The quantitative estimate of drug-likeness (QED) is 0.879. The number of hydrogen-bond donors (Lipinski definition) is 1. The first-order chi connectivity index (χ1) is 10.2. The van der Waals surface area contributed by atoms with Crippen LogP contribution in [0, 0.1) is 5.92 Å². The van der Waals surface area contributed by atoms with Crippen molar-refractivity contribution in [2.24, 2.45) is 5.92 Å². The topological polar surface area (TPSA) is 71.3 Å². The fourth-order valence-electron chi connectivity index (χ4n) is 2.62. The molecule has 1 aliphatic heterocycles. The molecule has 2 aliphatic rings. The fourth-order valence-corrected chi connectivity index (χ4v) is 3.77. The van der Waals surface area contributed by atoms with Gasteiger partial charge in [-0.1, -0.05) is 11.6 Å². The Labute approximate surface area is 141 Å². The third-order valence-corrected chi connectivity index (χ3v) is 5.38. The monoisotopic (exact) mass is 346 g/mol. The molecule has 0 radical (unpaired) electrons. The zero-order valence-electron chi connectivity index (χ0n) is 12.9. The largest absolute Gasteiger partial charge is 0.337 e. The van der Waals surface area contributed by atoms with Crippen LogP contribution in [-0.2, 0) is 11.2 Å². The summed E-state index contributed by atoms with van der Waals surface area (Å²) < 4.78 is 5.41. The number of likely N-dealkylation sites (N-methyl/N-ethyl adjacent to an activating group) is 1. The van der Waals surface area contributed by atoms with Crippen LogP contribution >= 0.6 is 24.2 Å². The molecule has 1 aromatic rings. The number of hydrogen-bond acceptors (Lipinski definition) is 6. The Hall–Kier alpha value is -0.790. The minimum Gasteiger partial charge on any atom is -0.337 e. The molecule has 0 bridgehead atoms. The molecule has 0 spiro atoms. The van der Waals surface area contributed by atoms with Gasteiger partial charge in [-0.25, -0.2) is 0 Å². The number of nitrogens with one attached hydrogen (secondary N) is 1. The summed E-state index contributed by atoms with van der Waals surface area (Å²) in [4.78, 5) is 18.9. The van der Waals surface area contributed by atoms with Crippen molar-refractivity contribution in [2.45, 2.75) is 44.7 Å². The number of amides is 1. The van der Waals surface area contributed by atoms with Gasteiger partial charge in [0.15, 0.2) is 5.82 Å². The molecule has 2 atom stereocenters. The molecular weight excluding hydrogens is 324 g/mol. The molecule has 1 saturated carbocycles. The number of carbonyl (C=O) groups is 1. The van der Waals surface area contributed by atoms with E-state index in [1.54, 1.807) is 11.8 Å². The molecule has 2 heterocycles. The van der Waals surface area contributed by atoms with Gasteiger partial charge in [-0.2, -0.15) is 4.98 Å². The molecule has 3 rings (SSSR count). The van der Waals surface area contributed by atoms with E-state index in [-0.39, 0.29) is 30.3 Å². The number of halogens is 1. The van der Waals surface area contributed by atoms with Crippen LogP contribution in [0.15, 0.2) is 4.52 Å². The van der Waals surface area contributed by atoms with Gasteiger partial charge in [0, 0.05) is 24.1 Å². The minimum absolute atomic E-state index is 0. The maximum Gasteiger partial charge on any atom is 0.250 e. The lowest BCUT2D eigenvalue weighted by molar-refractivity contribution is -0.139. The zero-order chi connectivity index (χ0) is 14.8. The third kappa shape index (κ3) is 3.58. The summed E-state index contributed by atoms with van der Waals surface area (Å²) in [5.74, 6) is 3.37. The minimum atomic E-state index is -0.0470. The van der Waals surface area contributed by atoms with Gasteiger partial charge in [-0.15, -0.1) is 24.2 Å². The van der Waals surface area contributed by atoms with Crippen LogP contribution in [0.4, 0.5) is 0 Å². The molecular formula is C14H23ClN4O2S. The van der Waals surface area contributed by atoms with E-state index in [9.17, 15) is 4.79 Å². The molecule has 2 unspecified atom stereocenters. The second-order valence-corrected chi connectivity index (χ2v) is 6.89. The summed E-state index contributed by atoms with van der Waals surface area (Å²) >= 11 is 1.76. The van der Waals surface area contributed by atoms with Crippen molar-refractivity contribution in [1.29, 1.82) is 0 Å². The van der Waals surface area contributed by atoms with Crippen LogP contribution < -0.4 is 5.32 Å². The van der Waals surface area contributed by atoms with Crippen molar-refractivity contribution in [3.8, 4) is 0 Å². The summed E-state index contributed by atoms with van der Waals surface area (Å²) in [6.07, 6.45) is 3.97. The predicted octanol–water partition coefficient (Wildman–Crippen LogP) is 2.02. The van der Waals surface area contributed by atoms with Crippen molar-refractivity contribution in [2.75, 3.05) is 18.7 Å². The number of aromatic nitrogens is 2. The molecule has 0 aromatic carbocycles. The average Bonchev–Trinajstić information content (AvgIpc) is 3.04. The van der Waals surface area contributed by atoms with E-state index in [1.165, 1.54) is 6.42 Å². The van der Waals surface area contributed by atoms with E-state index in [2.05, 4.69) is 22.4 Å². The maximum absolute atomic E-state index is 12.5. The second kappa shape index (κ2) is 7.66. The smallest absolute Gasteiger partial charge is 0.250 e. The van der Waals surface area contributed by atoms with Crippen molar-refractivity contribution < 1.29 is 9.32 Å². The van der Waals surface area contributed by atoms with E-state index in [0.717, 1.165) is 30.9 Å². The van der Waals surface area contributed by atoms with E-state index < -0.39 is 0 Å². The lowest BCUT2D eigenvalue weighted by atomic mass is 9.84. The predicted molar refractivity (Wildman–Crippen MR) is 88.0 cm³/mol. The fraction of sp³-hybridized carbons (Fsp3) is 0.786. The standard InChI is InChI=1S/C14H22N4O2S.ClH/c1-9(15-2)6-12-16-13(20-17-12)11-7-21-8-18(11)14(19)10-4-3-5-10;/h9-11,15H,3-8H2,1-2H3;1H. The number of rotatable bonds is 5. The summed E-state index contributed by atoms with van der Waals surface area (Å²) in [6.45, 7) is 2.08. The lowest BCUT2D eigenvalue weighted by Crippen LogP contribution is -2.38. The van der Waals surface area contributed by atoms with Crippen LogP contribution in [0.1, 0.15) is 43.9 Å². The summed E-state index contributed by atoms with van der Waals surface area (Å²) in [5, 5.41) is 7.21. The van der Waals surface area contributed by atoms with Crippen LogP contribution in [0.25, 0.3) is 0 Å². The first-order valence-corrected chi connectivity index (χ1v) is 8.72. The Morgan fingerprint density at radius 3 is 2.95 bits per heavy atom. The van der Waals surface area contributed by atoms with Gasteiger partial charge in [-0.05, 0) is 26.8 Å². The van der Waals surface area contributed by atoms with Gasteiger partial charge in [0.1, 0.15) is 6.04 Å². The van der Waals surface area contributed by atoms with E-state index in [0.29, 0.717) is 17.8 Å². The Morgan fingerprint density at radius 1 is 1.55 bits per heavy atom. The number of carbonyl (C=O) groups excluding carboxylic acids is 1. The van der Waals surface area contributed by atoms with Gasteiger partial charge in [-0.3, -0.25) is 4.79 Å². The number of thioether (sulfide) groups is 1. The molecule has 1 saturated heterocycles. The van der Waals surface area contributed by atoms with Crippen LogP contribution in [-0.4, -0.2) is 45.7 Å². The first-order valence-electron chi connectivity index (χ1n) is 7.57. The molecule has 22 heavy (non-hydrogen) atoms. The van der Waals surface area contributed by atoms with Crippen molar-refractivity contribution in [3.05, 3.63) is 11.7 Å². The van der Waals surface area contributed by atoms with Crippen molar-refractivity contribution >= 4 is 30.1 Å². The summed E-state index contributed by atoms with van der Waals surface area (Å²) in [5.41, 5.74) is 0. The second-order valence-electron chi connectivity index (χ2n) is 5.89. The van der Waals surface area contributed by atoms with Gasteiger partial charge in [0.25, 0.3) is 0 Å². The van der Waals surface area contributed by atoms with Crippen LogP contribution in [0.3, 0.4) is 0 Å². The van der Waals surface area contributed by atoms with Gasteiger partial charge >= 0.3 is 0 Å². The summed E-state index contributed by atoms with van der Waals surface area (Å²) in [6, 6.07) is 0.260. The lowest BCUT2D eigenvalue weighted by Gasteiger charge is -2.30. The van der Waals surface area contributed by atoms with Gasteiger partial charge in [0.05, 0.1) is 5.88 Å². The van der Waals surface area contributed by atoms with Gasteiger partial charge < -0.3 is 14.7 Å². The Kier molecular flexibility index (Phi) is 6.11. The molecule has 1 aromatic heterocycles. The Morgan fingerprint density at radius 2 is 2.32 bits per heavy atom. The third-order valence-electron chi connectivity index (χ3n) is 4.37. The molecule has 8 heteroatoms. The van der Waals surface area contributed by atoms with Gasteiger partial charge in [0.2, 0.25) is 11.8 Å². The molecule has 1 aliphatic carbocycles. The molecule has 1 amide bonds. The Balaban J connectivity index is 0.00000176. The van der Waals surface area contributed by atoms with E-state index in [4.69, 9.17) is 4.52 Å². The first kappa shape index (κ1) is 17.6. The number of nitrogens with zero attached hydrogens (tertiary/aromatic N) is 3. The maximum atomic E-state index is 12.5. The highest BCUT2D eigenvalue weighted by molar-refractivity contribution is 7.99. The molecule has 1 N–H and O–H groups in total. The highest BCUT2D eigenvalue weighted by Gasteiger charge is 2.39. The highest BCUT2D eigenvalue weighted by atomic mass is 35.5.